The van der Waals surface area contributed by atoms with E-state index in [-0.39, 0.29) is 11.6 Å². The Morgan fingerprint density at radius 1 is 1.50 bits per heavy atom. The molecule has 0 aromatic heterocycles. The zero-order valence-corrected chi connectivity index (χ0v) is 13.2. The maximum Gasteiger partial charge on any atom is 0.410 e. The summed E-state index contributed by atoms with van der Waals surface area (Å²) in [5.41, 5.74) is 7.78. The van der Waals surface area contributed by atoms with E-state index in [1.54, 1.807) is 4.90 Å². The summed E-state index contributed by atoms with van der Waals surface area (Å²) in [6, 6.07) is 0. The number of ether oxygens (including phenoxy) is 1. The Bertz CT molecular complexity index is 353. The normalized spacial score (nSPS) is 19.0. The lowest BCUT2D eigenvalue weighted by atomic mass is 9.91. The first kappa shape index (κ1) is 15.4. The summed E-state index contributed by atoms with van der Waals surface area (Å²) >= 11 is 2.23. The molecule has 0 bridgehead atoms. The van der Waals surface area contributed by atoms with Gasteiger partial charge in [-0.25, -0.2) is 4.79 Å². The summed E-state index contributed by atoms with van der Waals surface area (Å²) in [6.07, 6.45) is 1.10. The molecule has 0 atom stereocenters. The number of nitrogens with zero attached hydrogens (tertiary/aromatic N) is 4. The highest BCUT2D eigenvalue weighted by atomic mass is 127. The van der Waals surface area contributed by atoms with Crippen LogP contribution in [0.3, 0.4) is 0 Å². The van der Waals surface area contributed by atoms with Crippen LogP contribution in [0.4, 0.5) is 4.79 Å². The maximum absolute atomic E-state index is 11.9. The van der Waals surface area contributed by atoms with Crippen molar-refractivity contribution < 1.29 is 9.53 Å². The molecular formula is C11H19IN4O2. The molecule has 1 saturated heterocycles. The topological polar surface area (TPSA) is 78.3 Å². The predicted octanol–water partition coefficient (Wildman–Crippen LogP) is 3.50. The van der Waals surface area contributed by atoms with E-state index < -0.39 is 5.60 Å². The second kappa shape index (κ2) is 5.97. The Morgan fingerprint density at radius 2 is 2.06 bits per heavy atom. The lowest BCUT2D eigenvalue weighted by molar-refractivity contribution is 0.0179. The SMILES string of the molecule is CC(C)(C)OC(=O)N1CCC(CI)(N=[N+]=[N-])CC1. The van der Waals surface area contributed by atoms with Gasteiger partial charge >= 0.3 is 6.09 Å². The Morgan fingerprint density at radius 3 is 2.44 bits per heavy atom. The number of piperidine rings is 1. The predicted molar refractivity (Wildman–Crippen MR) is 77.8 cm³/mol. The number of amides is 1. The van der Waals surface area contributed by atoms with Crippen LogP contribution < -0.4 is 0 Å². The van der Waals surface area contributed by atoms with Gasteiger partial charge in [0.05, 0.1) is 5.54 Å². The number of likely N-dealkylation sites (tertiary alicyclic amines) is 1. The van der Waals surface area contributed by atoms with Crippen molar-refractivity contribution in [3.8, 4) is 0 Å². The molecule has 0 aromatic rings. The number of hydrogen-bond acceptors (Lipinski definition) is 3. The monoisotopic (exact) mass is 366 g/mol. The van der Waals surface area contributed by atoms with Gasteiger partial charge in [0.1, 0.15) is 5.60 Å². The van der Waals surface area contributed by atoms with Gasteiger partial charge in [-0.1, -0.05) is 27.7 Å². The van der Waals surface area contributed by atoms with Gasteiger partial charge in [0, 0.05) is 22.4 Å². The number of alkyl halides is 1. The molecule has 6 nitrogen and oxygen atoms in total. The van der Waals surface area contributed by atoms with E-state index in [4.69, 9.17) is 10.3 Å². The highest BCUT2D eigenvalue weighted by molar-refractivity contribution is 14.1. The average Bonchev–Trinajstić information content (AvgIpc) is 2.28. The van der Waals surface area contributed by atoms with E-state index in [1.807, 2.05) is 20.8 Å². The first-order chi connectivity index (χ1) is 8.32. The molecule has 1 rings (SSSR count). The fourth-order valence-electron chi connectivity index (χ4n) is 1.79. The molecule has 0 unspecified atom stereocenters. The molecule has 0 spiro atoms. The highest BCUT2D eigenvalue weighted by Gasteiger charge is 2.35. The fraction of sp³-hybridized carbons (Fsp3) is 0.909. The van der Waals surface area contributed by atoms with Gasteiger partial charge in [-0.05, 0) is 39.1 Å². The van der Waals surface area contributed by atoms with Crippen LogP contribution in [0.5, 0.6) is 0 Å². The summed E-state index contributed by atoms with van der Waals surface area (Å²) < 4.78 is 6.10. The molecule has 0 N–H and O–H groups in total. The lowest BCUT2D eigenvalue weighted by Gasteiger charge is -2.38. The second-order valence-electron chi connectivity index (χ2n) is 5.51. The number of hydrogen-bond donors (Lipinski definition) is 0. The van der Waals surface area contributed by atoms with Crippen LogP contribution in [-0.2, 0) is 4.74 Å². The van der Waals surface area contributed by atoms with E-state index in [9.17, 15) is 4.79 Å². The molecule has 0 aromatic carbocycles. The molecule has 0 aliphatic carbocycles. The van der Waals surface area contributed by atoms with Crippen LogP contribution >= 0.6 is 22.6 Å². The van der Waals surface area contributed by atoms with Crippen molar-refractivity contribution in [2.75, 3.05) is 17.5 Å². The zero-order valence-electron chi connectivity index (χ0n) is 11.0. The number of carbonyl (C=O) groups is 1. The maximum atomic E-state index is 11.9. The van der Waals surface area contributed by atoms with Crippen LogP contribution in [-0.4, -0.2) is 39.7 Å². The van der Waals surface area contributed by atoms with Gasteiger partial charge in [0.25, 0.3) is 0 Å². The molecular weight excluding hydrogens is 347 g/mol. The third-order valence-corrected chi connectivity index (χ3v) is 4.27. The van der Waals surface area contributed by atoms with Crippen LogP contribution in [0.15, 0.2) is 5.11 Å². The summed E-state index contributed by atoms with van der Waals surface area (Å²) in [5, 5.41) is 3.90. The van der Waals surface area contributed by atoms with Crippen molar-refractivity contribution in [3.63, 3.8) is 0 Å². The van der Waals surface area contributed by atoms with E-state index in [0.29, 0.717) is 25.9 Å². The van der Waals surface area contributed by atoms with E-state index in [2.05, 4.69) is 32.6 Å². The molecule has 0 radical (unpaired) electrons. The molecule has 7 heteroatoms. The summed E-state index contributed by atoms with van der Waals surface area (Å²) in [4.78, 5) is 16.5. The molecule has 1 fully saturated rings. The highest BCUT2D eigenvalue weighted by Crippen LogP contribution is 2.29. The first-order valence-corrected chi connectivity index (χ1v) is 7.45. The molecule has 1 heterocycles. The number of carbonyl (C=O) groups excluding carboxylic acids is 1. The first-order valence-electron chi connectivity index (χ1n) is 5.92. The third-order valence-electron chi connectivity index (χ3n) is 2.85. The lowest BCUT2D eigenvalue weighted by Crippen LogP contribution is -2.47. The van der Waals surface area contributed by atoms with Gasteiger partial charge in [-0.15, -0.1) is 0 Å². The summed E-state index contributed by atoms with van der Waals surface area (Å²) in [5.74, 6) is 0. The van der Waals surface area contributed by atoms with Gasteiger partial charge < -0.3 is 9.64 Å². The minimum absolute atomic E-state index is 0.287. The smallest absolute Gasteiger partial charge is 0.410 e. The third kappa shape index (κ3) is 4.20. The standard InChI is InChI=1S/C11H19IN4O2/c1-10(2,3)18-9(17)16-6-4-11(8-12,5-7-16)14-15-13/h4-8H2,1-3H3. The Kier molecular flexibility index (Phi) is 5.10. The Labute approximate surface area is 121 Å². The van der Waals surface area contributed by atoms with Crippen molar-refractivity contribution in [1.82, 2.24) is 4.90 Å². The van der Waals surface area contributed by atoms with Crippen molar-refractivity contribution in [2.24, 2.45) is 5.11 Å². The van der Waals surface area contributed by atoms with Crippen LogP contribution in [0.25, 0.3) is 10.4 Å². The van der Waals surface area contributed by atoms with Crippen LogP contribution in [0.2, 0.25) is 0 Å². The van der Waals surface area contributed by atoms with E-state index in [1.165, 1.54) is 0 Å². The minimum Gasteiger partial charge on any atom is -0.444 e. The Hall–Kier alpha value is -0.690. The van der Waals surface area contributed by atoms with Gasteiger partial charge in [0.2, 0.25) is 0 Å². The van der Waals surface area contributed by atoms with Crippen LogP contribution in [0, 0.1) is 0 Å². The quantitative estimate of drug-likeness (QED) is 0.247. The van der Waals surface area contributed by atoms with Crippen molar-refractivity contribution >= 4 is 28.7 Å². The molecule has 18 heavy (non-hydrogen) atoms. The fourth-order valence-corrected chi connectivity index (χ4v) is 2.70. The molecule has 1 aliphatic heterocycles. The van der Waals surface area contributed by atoms with Gasteiger partial charge in [-0.2, -0.15) is 0 Å². The van der Waals surface area contributed by atoms with E-state index >= 15 is 0 Å². The van der Waals surface area contributed by atoms with Crippen LogP contribution in [0.1, 0.15) is 33.6 Å². The number of rotatable bonds is 2. The Balaban J connectivity index is 2.58. The van der Waals surface area contributed by atoms with Crippen molar-refractivity contribution in [3.05, 3.63) is 10.4 Å². The second-order valence-corrected chi connectivity index (χ2v) is 6.28. The molecule has 1 aliphatic rings. The molecule has 102 valence electrons. The van der Waals surface area contributed by atoms with Crippen molar-refractivity contribution in [1.29, 1.82) is 0 Å². The van der Waals surface area contributed by atoms with Gasteiger partial charge in [0.15, 0.2) is 0 Å². The summed E-state index contributed by atoms with van der Waals surface area (Å²) in [6.45, 7) is 6.71. The average molecular weight is 366 g/mol. The van der Waals surface area contributed by atoms with Gasteiger partial charge in [-0.3, -0.25) is 0 Å². The van der Waals surface area contributed by atoms with Crippen molar-refractivity contribution in [2.45, 2.75) is 44.8 Å². The van der Waals surface area contributed by atoms with E-state index in [0.717, 1.165) is 4.43 Å². The zero-order chi connectivity index (χ0) is 13.8. The summed E-state index contributed by atoms with van der Waals surface area (Å²) in [7, 11) is 0. The number of azide groups is 1. The number of halogens is 1. The molecule has 0 saturated carbocycles. The molecule has 1 amide bonds. The largest absolute Gasteiger partial charge is 0.444 e. The minimum atomic E-state index is -0.473.